The first kappa shape index (κ1) is 10.7. The summed E-state index contributed by atoms with van der Waals surface area (Å²) in [6.07, 6.45) is 1.69. The first-order chi connectivity index (χ1) is 7.75. The Morgan fingerprint density at radius 3 is 2.50 bits per heavy atom. The van der Waals surface area contributed by atoms with E-state index in [1.165, 1.54) is 0 Å². The summed E-state index contributed by atoms with van der Waals surface area (Å²) in [6, 6.07) is 6.57. The van der Waals surface area contributed by atoms with Gasteiger partial charge in [0.1, 0.15) is 5.75 Å². The highest BCUT2D eigenvalue weighted by Gasteiger charge is 2.13. The van der Waals surface area contributed by atoms with E-state index in [0.29, 0.717) is 18.6 Å². The zero-order valence-electron chi connectivity index (χ0n) is 8.77. The molecule has 0 spiro atoms. The molecule has 0 N–H and O–H groups in total. The molecule has 0 saturated heterocycles. The number of ether oxygens (including phenoxy) is 2. The van der Waals surface area contributed by atoms with Gasteiger partial charge in [0, 0.05) is 6.42 Å². The molecule has 84 valence electrons. The van der Waals surface area contributed by atoms with Crippen molar-refractivity contribution >= 4 is 11.9 Å². The topological polar surface area (TPSA) is 52.6 Å². The normalized spacial score (nSPS) is 17.0. The molecule has 4 heteroatoms. The summed E-state index contributed by atoms with van der Waals surface area (Å²) in [7, 11) is 0. The minimum Gasteiger partial charge on any atom is -0.494 e. The predicted octanol–water partition coefficient (Wildman–Crippen LogP) is 1.93. The minimum absolute atomic E-state index is 0.255. The molecule has 16 heavy (non-hydrogen) atoms. The second kappa shape index (κ2) is 4.79. The molecule has 0 radical (unpaired) electrons. The van der Waals surface area contributed by atoms with E-state index in [-0.39, 0.29) is 6.42 Å². The molecule has 2 heterocycles. The molecule has 4 nitrogen and oxygen atoms in total. The number of hydrogen-bond acceptors (Lipinski definition) is 4. The second-order valence-corrected chi connectivity index (χ2v) is 3.59. The lowest BCUT2D eigenvalue weighted by Gasteiger charge is -2.09. The van der Waals surface area contributed by atoms with E-state index in [9.17, 15) is 9.59 Å². The molecule has 2 aliphatic heterocycles. The summed E-state index contributed by atoms with van der Waals surface area (Å²) < 4.78 is 10.1. The lowest BCUT2D eigenvalue weighted by Crippen LogP contribution is -2.13. The van der Waals surface area contributed by atoms with Crippen LogP contribution < -0.4 is 4.74 Å². The third-order valence-corrected chi connectivity index (χ3v) is 2.34. The van der Waals surface area contributed by atoms with Gasteiger partial charge in [0.15, 0.2) is 0 Å². The Balaban J connectivity index is 2.21. The van der Waals surface area contributed by atoms with Crippen LogP contribution >= 0.6 is 0 Å². The Kier molecular flexibility index (Phi) is 3.19. The molecular formula is C12H12O4. The fraction of sp³-hybridized carbons (Fsp3) is 0.333. The largest absolute Gasteiger partial charge is 0.494 e. The SMILES string of the molecule is O=C1CCCCOc2ccc(cc2)C(=O)O1. The van der Waals surface area contributed by atoms with Crippen LogP contribution in [0.25, 0.3) is 0 Å². The van der Waals surface area contributed by atoms with Crippen molar-refractivity contribution in [1.29, 1.82) is 0 Å². The molecule has 0 saturated carbocycles. The maximum absolute atomic E-state index is 11.5. The first-order valence-electron chi connectivity index (χ1n) is 5.23. The van der Waals surface area contributed by atoms with Gasteiger partial charge in [0.25, 0.3) is 0 Å². The molecule has 2 aliphatic rings. The first-order valence-corrected chi connectivity index (χ1v) is 5.23. The van der Waals surface area contributed by atoms with Crippen LogP contribution in [0.4, 0.5) is 0 Å². The van der Waals surface area contributed by atoms with Crippen LogP contribution in [0.2, 0.25) is 0 Å². The summed E-state index contributed by atoms with van der Waals surface area (Å²) in [5.41, 5.74) is 0.362. The highest BCUT2D eigenvalue weighted by Crippen LogP contribution is 2.15. The van der Waals surface area contributed by atoms with E-state index in [2.05, 4.69) is 4.74 Å². The molecule has 0 atom stereocenters. The second-order valence-electron chi connectivity index (χ2n) is 3.59. The average molecular weight is 220 g/mol. The van der Waals surface area contributed by atoms with Crippen molar-refractivity contribution in [2.75, 3.05) is 6.61 Å². The molecule has 1 aromatic rings. The summed E-state index contributed by atoms with van der Waals surface area (Å²) in [6.45, 7) is 0.570. The van der Waals surface area contributed by atoms with Gasteiger partial charge < -0.3 is 9.47 Å². The molecule has 2 bridgehead atoms. The predicted molar refractivity (Wildman–Crippen MR) is 56.2 cm³/mol. The number of fused-ring (bicyclic) bond motifs is 9. The summed E-state index contributed by atoms with van der Waals surface area (Å²) in [5.74, 6) is -0.352. The van der Waals surface area contributed by atoms with Gasteiger partial charge in [0.05, 0.1) is 12.2 Å². The van der Waals surface area contributed by atoms with Crippen molar-refractivity contribution in [1.82, 2.24) is 0 Å². The van der Waals surface area contributed by atoms with Crippen LogP contribution in [-0.4, -0.2) is 18.5 Å². The van der Waals surface area contributed by atoms with Crippen LogP contribution in [-0.2, 0) is 9.53 Å². The van der Waals surface area contributed by atoms with Crippen molar-refractivity contribution in [2.24, 2.45) is 0 Å². The van der Waals surface area contributed by atoms with E-state index < -0.39 is 11.9 Å². The van der Waals surface area contributed by atoms with E-state index in [0.717, 1.165) is 12.2 Å². The summed E-state index contributed by atoms with van der Waals surface area (Å²) >= 11 is 0. The van der Waals surface area contributed by atoms with Gasteiger partial charge in [0.2, 0.25) is 0 Å². The number of carbonyl (C=O) groups is 2. The lowest BCUT2D eigenvalue weighted by molar-refractivity contribution is -0.138. The van der Waals surface area contributed by atoms with Gasteiger partial charge in [-0.05, 0) is 37.1 Å². The molecule has 0 amide bonds. The fourth-order valence-electron chi connectivity index (χ4n) is 1.46. The summed E-state index contributed by atoms with van der Waals surface area (Å²) in [4.78, 5) is 22.7. The Morgan fingerprint density at radius 2 is 1.75 bits per heavy atom. The third-order valence-electron chi connectivity index (χ3n) is 2.34. The maximum Gasteiger partial charge on any atom is 0.345 e. The van der Waals surface area contributed by atoms with E-state index in [4.69, 9.17) is 4.74 Å². The standard InChI is InChI=1S/C12H12O4/c13-11-3-1-2-8-15-10-6-4-9(5-7-10)12(14)16-11/h4-7H,1-3,8H2. The van der Waals surface area contributed by atoms with Gasteiger partial charge in [-0.25, -0.2) is 4.79 Å². The van der Waals surface area contributed by atoms with Crippen molar-refractivity contribution in [3.8, 4) is 5.75 Å². The van der Waals surface area contributed by atoms with Crippen molar-refractivity contribution in [3.05, 3.63) is 29.8 Å². The molecule has 0 fully saturated rings. The number of esters is 2. The molecule has 0 aromatic heterocycles. The van der Waals surface area contributed by atoms with Gasteiger partial charge in [-0.1, -0.05) is 0 Å². The third kappa shape index (κ3) is 2.59. The number of benzene rings is 1. The molecule has 3 rings (SSSR count). The van der Waals surface area contributed by atoms with Gasteiger partial charge in [-0.15, -0.1) is 0 Å². The maximum atomic E-state index is 11.5. The van der Waals surface area contributed by atoms with Gasteiger partial charge in [-0.2, -0.15) is 0 Å². The Labute approximate surface area is 93.2 Å². The average Bonchev–Trinajstić information content (AvgIpc) is 2.27. The van der Waals surface area contributed by atoms with Crippen LogP contribution in [0.5, 0.6) is 5.75 Å². The Hall–Kier alpha value is -1.84. The smallest absolute Gasteiger partial charge is 0.345 e. The van der Waals surface area contributed by atoms with Crippen molar-refractivity contribution in [3.63, 3.8) is 0 Å². The van der Waals surface area contributed by atoms with Gasteiger partial charge >= 0.3 is 11.9 Å². The highest BCUT2D eigenvalue weighted by atomic mass is 16.6. The van der Waals surface area contributed by atoms with Crippen LogP contribution in [0, 0.1) is 0 Å². The van der Waals surface area contributed by atoms with Crippen LogP contribution in [0.15, 0.2) is 24.3 Å². The number of rotatable bonds is 0. The Morgan fingerprint density at radius 1 is 1.00 bits per heavy atom. The van der Waals surface area contributed by atoms with Crippen LogP contribution in [0.3, 0.4) is 0 Å². The zero-order chi connectivity index (χ0) is 11.4. The molecule has 0 aliphatic carbocycles. The molecule has 0 unspecified atom stereocenters. The lowest BCUT2D eigenvalue weighted by atomic mass is 10.2. The monoisotopic (exact) mass is 220 g/mol. The van der Waals surface area contributed by atoms with Gasteiger partial charge in [-0.3, -0.25) is 4.79 Å². The number of carbonyl (C=O) groups excluding carboxylic acids is 2. The molecule has 1 aromatic carbocycles. The van der Waals surface area contributed by atoms with Crippen LogP contribution in [0.1, 0.15) is 29.6 Å². The van der Waals surface area contributed by atoms with E-state index in [1.807, 2.05) is 0 Å². The number of hydrogen-bond donors (Lipinski definition) is 0. The van der Waals surface area contributed by atoms with Crippen molar-refractivity contribution < 1.29 is 19.1 Å². The Bertz CT molecular complexity index is 394. The summed E-state index contributed by atoms with van der Waals surface area (Å²) in [5, 5.41) is 0. The van der Waals surface area contributed by atoms with E-state index in [1.54, 1.807) is 24.3 Å². The highest BCUT2D eigenvalue weighted by molar-refractivity contribution is 5.96. The quantitative estimate of drug-likeness (QED) is 0.495. The minimum atomic E-state index is -0.600. The molecular weight excluding hydrogens is 208 g/mol. The van der Waals surface area contributed by atoms with E-state index >= 15 is 0 Å². The fourth-order valence-corrected chi connectivity index (χ4v) is 1.46. The van der Waals surface area contributed by atoms with Crippen molar-refractivity contribution in [2.45, 2.75) is 19.3 Å². The zero-order valence-corrected chi connectivity index (χ0v) is 8.77.